The molecule has 2 aromatic carbocycles. The van der Waals surface area contributed by atoms with Gasteiger partial charge in [0.1, 0.15) is 0 Å². The molecule has 7 heteroatoms. The van der Waals surface area contributed by atoms with E-state index in [-0.39, 0.29) is 5.92 Å². The number of rotatable bonds is 6. The fourth-order valence-electron chi connectivity index (χ4n) is 3.87. The van der Waals surface area contributed by atoms with Crippen molar-refractivity contribution in [1.82, 2.24) is 14.4 Å². The number of piperidine rings is 1. The third-order valence-electron chi connectivity index (χ3n) is 5.67. The van der Waals surface area contributed by atoms with Gasteiger partial charge in [0.15, 0.2) is 0 Å². The summed E-state index contributed by atoms with van der Waals surface area (Å²) in [6.45, 7) is 5.02. The predicted octanol–water partition coefficient (Wildman–Crippen LogP) is 4.61. The maximum atomic E-state index is 12.8. The van der Waals surface area contributed by atoms with E-state index >= 15 is 0 Å². The molecule has 1 fully saturated rings. The first kappa shape index (κ1) is 21.5. The number of sulfonamides is 1. The van der Waals surface area contributed by atoms with Crippen LogP contribution in [0.25, 0.3) is 17.5 Å². The van der Waals surface area contributed by atoms with E-state index in [1.54, 1.807) is 10.4 Å². The third-order valence-corrected chi connectivity index (χ3v) is 7.20. The third kappa shape index (κ3) is 5.29. The van der Waals surface area contributed by atoms with Gasteiger partial charge in [0, 0.05) is 30.5 Å². The number of aromatic nitrogens is 2. The molecule has 0 spiro atoms. The average molecular weight is 438 g/mol. The highest BCUT2D eigenvalue weighted by molar-refractivity contribution is 7.92. The lowest BCUT2D eigenvalue weighted by molar-refractivity contribution is 0.248. The Labute approximate surface area is 183 Å². The van der Waals surface area contributed by atoms with Crippen molar-refractivity contribution >= 4 is 16.1 Å². The van der Waals surface area contributed by atoms with Crippen LogP contribution in [0, 0.1) is 19.8 Å². The van der Waals surface area contributed by atoms with Gasteiger partial charge in [0.25, 0.3) is 0 Å². The number of benzene rings is 2. The van der Waals surface area contributed by atoms with Gasteiger partial charge in [0.2, 0.25) is 21.7 Å². The summed E-state index contributed by atoms with van der Waals surface area (Å²) in [6, 6.07) is 15.7. The van der Waals surface area contributed by atoms with Crippen molar-refractivity contribution in [2.75, 3.05) is 13.1 Å². The standard InChI is InChI=1S/C24H27N3O3S/c1-18-9-11-20(12-10-18)13-15-31(28,29)27-14-5-7-21(17-27)16-23-25-24(26-30-23)22-8-4-3-6-19(22)2/h3-4,6,8-13,15,21H,5,7,14,16-17H2,1-2H3. The Bertz CT molecular complexity index is 1170. The topological polar surface area (TPSA) is 76.3 Å². The second kappa shape index (κ2) is 9.16. The molecular weight excluding hydrogens is 410 g/mol. The van der Waals surface area contributed by atoms with Crippen molar-refractivity contribution in [2.24, 2.45) is 5.92 Å². The molecular formula is C24H27N3O3S. The minimum Gasteiger partial charge on any atom is -0.339 e. The van der Waals surface area contributed by atoms with E-state index in [2.05, 4.69) is 10.1 Å². The molecule has 1 aliphatic rings. The van der Waals surface area contributed by atoms with Crippen LogP contribution in [0.15, 0.2) is 58.5 Å². The summed E-state index contributed by atoms with van der Waals surface area (Å²) in [5, 5.41) is 5.43. The molecule has 0 bridgehead atoms. The van der Waals surface area contributed by atoms with Gasteiger partial charge >= 0.3 is 0 Å². The van der Waals surface area contributed by atoms with Crippen LogP contribution in [0.5, 0.6) is 0 Å². The van der Waals surface area contributed by atoms with E-state index < -0.39 is 10.0 Å². The molecule has 31 heavy (non-hydrogen) atoms. The van der Waals surface area contributed by atoms with Crippen LogP contribution >= 0.6 is 0 Å². The van der Waals surface area contributed by atoms with Gasteiger partial charge in [-0.1, -0.05) is 59.3 Å². The Balaban J connectivity index is 1.41. The van der Waals surface area contributed by atoms with Crippen molar-refractivity contribution in [1.29, 1.82) is 0 Å². The molecule has 0 radical (unpaired) electrons. The van der Waals surface area contributed by atoms with Crippen LogP contribution in [0.4, 0.5) is 0 Å². The van der Waals surface area contributed by atoms with Crippen LogP contribution in [-0.4, -0.2) is 36.0 Å². The smallest absolute Gasteiger partial charge is 0.236 e. The average Bonchev–Trinajstić information content (AvgIpc) is 3.22. The first-order chi connectivity index (χ1) is 14.9. The Hall–Kier alpha value is -2.77. The maximum absolute atomic E-state index is 12.8. The predicted molar refractivity (Wildman–Crippen MR) is 122 cm³/mol. The van der Waals surface area contributed by atoms with E-state index in [1.165, 1.54) is 5.41 Å². The summed E-state index contributed by atoms with van der Waals surface area (Å²) in [6.07, 6.45) is 3.99. The van der Waals surface area contributed by atoms with Gasteiger partial charge in [-0.25, -0.2) is 8.42 Å². The monoisotopic (exact) mass is 437 g/mol. The minimum atomic E-state index is -3.47. The largest absolute Gasteiger partial charge is 0.339 e. The lowest BCUT2D eigenvalue weighted by Gasteiger charge is -2.30. The van der Waals surface area contributed by atoms with Gasteiger partial charge in [0.05, 0.1) is 0 Å². The molecule has 3 aromatic rings. The van der Waals surface area contributed by atoms with Crippen LogP contribution in [0.3, 0.4) is 0 Å². The zero-order valence-corrected chi connectivity index (χ0v) is 18.7. The van der Waals surface area contributed by atoms with E-state index in [4.69, 9.17) is 4.52 Å². The van der Waals surface area contributed by atoms with Crippen LogP contribution in [0.2, 0.25) is 0 Å². The minimum absolute atomic E-state index is 0.154. The Morgan fingerprint density at radius 3 is 2.68 bits per heavy atom. The van der Waals surface area contributed by atoms with Crippen LogP contribution in [0.1, 0.15) is 35.4 Å². The second-order valence-corrected chi connectivity index (χ2v) is 9.97. The molecule has 1 saturated heterocycles. The Morgan fingerprint density at radius 2 is 1.90 bits per heavy atom. The number of hydrogen-bond acceptors (Lipinski definition) is 5. The van der Waals surface area contributed by atoms with Gasteiger partial charge < -0.3 is 4.52 Å². The van der Waals surface area contributed by atoms with Crippen molar-refractivity contribution in [2.45, 2.75) is 33.1 Å². The summed E-state index contributed by atoms with van der Waals surface area (Å²) in [7, 11) is -3.47. The van der Waals surface area contributed by atoms with Crippen molar-refractivity contribution in [3.63, 3.8) is 0 Å². The molecule has 1 aliphatic heterocycles. The van der Waals surface area contributed by atoms with Crippen LogP contribution in [-0.2, 0) is 16.4 Å². The highest BCUT2D eigenvalue weighted by Crippen LogP contribution is 2.25. The second-order valence-electron chi connectivity index (χ2n) is 8.16. The molecule has 1 aromatic heterocycles. The first-order valence-corrected chi connectivity index (χ1v) is 12.0. The highest BCUT2D eigenvalue weighted by Gasteiger charge is 2.28. The van der Waals surface area contributed by atoms with Gasteiger partial charge in [-0.05, 0) is 49.8 Å². The van der Waals surface area contributed by atoms with E-state index in [9.17, 15) is 8.42 Å². The summed E-state index contributed by atoms with van der Waals surface area (Å²) in [4.78, 5) is 4.55. The fourth-order valence-corrected chi connectivity index (χ4v) is 5.17. The molecule has 0 saturated carbocycles. The van der Waals surface area contributed by atoms with E-state index in [0.29, 0.717) is 31.2 Å². The van der Waals surface area contributed by atoms with Crippen molar-refractivity contribution in [3.8, 4) is 11.4 Å². The lowest BCUT2D eigenvalue weighted by Crippen LogP contribution is -2.39. The maximum Gasteiger partial charge on any atom is 0.236 e. The fraction of sp³-hybridized carbons (Fsp3) is 0.333. The molecule has 1 atom stereocenters. The SMILES string of the molecule is Cc1ccc(C=CS(=O)(=O)N2CCCC(Cc3nc(-c4ccccc4C)no3)C2)cc1. The molecule has 0 aliphatic carbocycles. The number of nitrogens with zero attached hydrogens (tertiary/aromatic N) is 3. The normalized spacial score (nSPS) is 17.9. The summed E-state index contributed by atoms with van der Waals surface area (Å²) in [5.74, 6) is 1.29. The van der Waals surface area contributed by atoms with Gasteiger partial charge in [-0.3, -0.25) is 0 Å². The first-order valence-electron chi connectivity index (χ1n) is 10.5. The van der Waals surface area contributed by atoms with Crippen LogP contribution < -0.4 is 0 Å². The quantitative estimate of drug-likeness (QED) is 0.563. The molecule has 6 nitrogen and oxygen atoms in total. The molecule has 2 heterocycles. The zero-order chi connectivity index (χ0) is 21.8. The van der Waals surface area contributed by atoms with Gasteiger partial charge in [-0.15, -0.1) is 0 Å². The lowest BCUT2D eigenvalue weighted by atomic mass is 9.96. The summed E-state index contributed by atoms with van der Waals surface area (Å²) < 4.78 is 32.7. The van der Waals surface area contributed by atoms with Crippen molar-refractivity contribution < 1.29 is 12.9 Å². The molecule has 1 unspecified atom stereocenters. The summed E-state index contributed by atoms with van der Waals surface area (Å²) >= 11 is 0. The molecule has 0 N–H and O–H groups in total. The van der Waals surface area contributed by atoms with E-state index in [1.807, 2.05) is 62.4 Å². The number of hydrogen-bond donors (Lipinski definition) is 0. The molecule has 4 rings (SSSR count). The Morgan fingerprint density at radius 1 is 1.13 bits per heavy atom. The summed E-state index contributed by atoms with van der Waals surface area (Å²) in [5.41, 5.74) is 4.06. The van der Waals surface area contributed by atoms with Crippen molar-refractivity contribution in [3.05, 3.63) is 76.5 Å². The Kier molecular flexibility index (Phi) is 6.34. The van der Waals surface area contributed by atoms with E-state index in [0.717, 1.165) is 35.1 Å². The zero-order valence-electron chi connectivity index (χ0n) is 17.9. The highest BCUT2D eigenvalue weighted by atomic mass is 32.2. The van der Waals surface area contributed by atoms with Gasteiger partial charge in [-0.2, -0.15) is 9.29 Å². The molecule has 162 valence electrons. The number of aryl methyl sites for hydroxylation is 2. The molecule has 0 amide bonds.